The first-order valence-electron chi connectivity index (χ1n) is 11.6. The van der Waals surface area contributed by atoms with Crippen molar-refractivity contribution in [1.82, 2.24) is 34.4 Å². The number of rotatable bonds is 5. The number of oxazole rings is 2. The molecule has 0 saturated heterocycles. The van der Waals surface area contributed by atoms with Gasteiger partial charge >= 0.3 is 6.18 Å². The van der Waals surface area contributed by atoms with E-state index in [1.54, 1.807) is 19.2 Å². The lowest BCUT2D eigenvalue weighted by molar-refractivity contribution is -0.141. The number of halogens is 3. The molecule has 5 heterocycles. The van der Waals surface area contributed by atoms with Gasteiger partial charge in [-0.05, 0) is 24.1 Å². The Labute approximate surface area is 212 Å². The first-order chi connectivity index (χ1) is 18.2. The van der Waals surface area contributed by atoms with E-state index in [1.807, 2.05) is 12.1 Å². The number of carbonyl (C=O) groups excluding carboxylic acids is 1. The number of fused-ring (bicyclic) bond motifs is 2. The van der Waals surface area contributed by atoms with Gasteiger partial charge in [0.05, 0.1) is 18.3 Å². The third kappa shape index (κ3) is 3.96. The molecule has 13 heteroatoms. The highest BCUT2D eigenvalue weighted by molar-refractivity contribution is 5.94. The van der Waals surface area contributed by atoms with Gasteiger partial charge in [0.2, 0.25) is 17.5 Å². The van der Waals surface area contributed by atoms with Crippen molar-refractivity contribution in [3.05, 3.63) is 84.0 Å². The van der Waals surface area contributed by atoms with Gasteiger partial charge in [-0.1, -0.05) is 12.1 Å². The predicted octanol–water partition coefficient (Wildman–Crippen LogP) is 4.47. The van der Waals surface area contributed by atoms with Crippen LogP contribution in [-0.2, 0) is 26.1 Å². The van der Waals surface area contributed by atoms with Gasteiger partial charge in [0.15, 0.2) is 17.3 Å². The van der Waals surface area contributed by atoms with Crippen molar-refractivity contribution in [3.63, 3.8) is 0 Å². The molecular formula is C25H20F3N7O3. The van der Waals surface area contributed by atoms with Crippen LogP contribution >= 0.6 is 0 Å². The van der Waals surface area contributed by atoms with Gasteiger partial charge in [-0.25, -0.2) is 19.9 Å². The molecule has 0 radical (unpaired) electrons. The summed E-state index contributed by atoms with van der Waals surface area (Å²) in [7, 11) is 1.65. The summed E-state index contributed by atoms with van der Waals surface area (Å²) in [6.45, 7) is 3.81. The Balaban J connectivity index is 1.45. The number of nitrogens with zero attached hydrogens (tertiary/aromatic N) is 6. The fraction of sp³-hybridized carbons (Fsp3) is 0.240. The molecule has 1 N–H and O–H groups in total. The maximum Gasteiger partial charge on any atom is 0.437 e. The van der Waals surface area contributed by atoms with E-state index >= 15 is 0 Å². The highest BCUT2D eigenvalue weighted by Gasteiger charge is 2.46. The zero-order chi connectivity index (χ0) is 26.6. The Morgan fingerprint density at radius 2 is 2.11 bits per heavy atom. The van der Waals surface area contributed by atoms with Gasteiger partial charge in [-0.2, -0.15) is 13.2 Å². The fourth-order valence-corrected chi connectivity index (χ4v) is 4.57. The van der Waals surface area contributed by atoms with E-state index in [0.717, 1.165) is 11.3 Å². The number of allylic oxidation sites excluding steroid dienone is 1. The van der Waals surface area contributed by atoms with E-state index in [9.17, 15) is 18.0 Å². The number of aryl methyl sites for hydroxylation is 1. The van der Waals surface area contributed by atoms with Crippen LogP contribution in [-0.4, -0.2) is 46.8 Å². The minimum Gasteiger partial charge on any atom is -0.438 e. The van der Waals surface area contributed by atoms with Gasteiger partial charge in [-0.3, -0.25) is 4.79 Å². The van der Waals surface area contributed by atoms with Crippen molar-refractivity contribution in [3.8, 4) is 11.6 Å². The molecule has 38 heavy (non-hydrogen) atoms. The number of aromatic amines is 1. The molecule has 194 valence electrons. The number of aromatic nitrogens is 6. The summed E-state index contributed by atoms with van der Waals surface area (Å²) in [5.41, 5.74) is 1.77. The standard InChI is InChI=1S/C25H20F3N7O3/c1-3-4-13-5-6-17-15(9-13)32-23(37-17)19-18-14(29-11-30-18)7-8-35(19)24(36)20-21(25(26,27)28)33-22(38-20)16-10-34(2)12-31-16/h3,5-6,9-12,19H,1,4,7-8H2,2H3,(H,29,30)/t19-/m0/s1. The summed E-state index contributed by atoms with van der Waals surface area (Å²) < 4.78 is 54.9. The molecule has 10 nitrogen and oxygen atoms in total. The lowest BCUT2D eigenvalue weighted by Crippen LogP contribution is -2.41. The van der Waals surface area contributed by atoms with Crippen LogP contribution in [0.5, 0.6) is 0 Å². The largest absolute Gasteiger partial charge is 0.438 e. The Morgan fingerprint density at radius 3 is 2.84 bits per heavy atom. The number of benzene rings is 1. The second-order valence-electron chi connectivity index (χ2n) is 8.88. The quantitative estimate of drug-likeness (QED) is 0.338. The molecule has 5 aromatic rings. The number of hydrogen-bond donors (Lipinski definition) is 1. The molecule has 1 aliphatic rings. The molecule has 0 fully saturated rings. The minimum absolute atomic E-state index is 0.0655. The monoisotopic (exact) mass is 523 g/mol. The van der Waals surface area contributed by atoms with Crippen molar-refractivity contribution >= 4 is 17.0 Å². The molecule has 1 aliphatic heterocycles. The highest BCUT2D eigenvalue weighted by Crippen LogP contribution is 2.39. The second kappa shape index (κ2) is 8.71. The second-order valence-corrected chi connectivity index (χ2v) is 8.88. The molecule has 0 spiro atoms. The molecule has 0 bridgehead atoms. The van der Waals surface area contributed by atoms with E-state index in [4.69, 9.17) is 8.83 Å². The Bertz CT molecular complexity index is 1680. The predicted molar refractivity (Wildman–Crippen MR) is 127 cm³/mol. The normalized spacial score (nSPS) is 15.7. The van der Waals surface area contributed by atoms with Crippen LogP contribution < -0.4 is 0 Å². The number of amides is 1. The average molecular weight is 523 g/mol. The topological polar surface area (TPSA) is 119 Å². The van der Waals surface area contributed by atoms with Crippen LogP contribution in [0.15, 0.2) is 58.5 Å². The van der Waals surface area contributed by atoms with Crippen LogP contribution in [0.1, 0.15) is 45.1 Å². The summed E-state index contributed by atoms with van der Waals surface area (Å²) in [6, 6.07) is 4.47. The van der Waals surface area contributed by atoms with Gasteiger partial charge < -0.3 is 23.3 Å². The van der Waals surface area contributed by atoms with Crippen LogP contribution in [0.25, 0.3) is 22.7 Å². The number of carbonyl (C=O) groups is 1. The molecular weight excluding hydrogens is 503 g/mol. The van der Waals surface area contributed by atoms with E-state index in [2.05, 4.69) is 31.5 Å². The van der Waals surface area contributed by atoms with Gasteiger partial charge in [-0.15, -0.1) is 6.58 Å². The lowest BCUT2D eigenvalue weighted by atomic mass is 10.0. The SMILES string of the molecule is C=CCc1ccc2oc([C@@H]3c4nc[nH]c4CCN3C(=O)c3oc(-c4cn(C)cn4)nc3C(F)(F)F)nc2c1. The first kappa shape index (κ1) is 23.7. The minimum atomic E-state index is -4.94. The summed E-state index contributed by atoms with van der Waals surface area (Å²) in [6.07, 6.45) is 2.08. The lowest BCUT2D eigenvalue weighted by Gasteiger charge is -2.32. The van der Waals surface area contributed by atoms with Crippen molar-refractivity contribution in [2.75, 3.05) is 6.54 Å². The molecule has 0 unspecified atom stereocenters. The van der Waals surface area contributed by atoms with Gasteiger partial charge in [0.25, 0.3) is 5.91 Å². The highest BCUT2D eigenvalue weighted by atomic mass is 19.4. The maximum absolute atomic E-state index is 14.0. The van der Waals surface area contributed by atoms with Crippen LogP contribution in [0.2, 0.25) is 0 Å². The molecule has 6 rings (SSSR count). The summed E-state index contributed by atoms with van der Waals surface area (Å²) in [4.78, 5) is 34.5. The van der Waals surface area contributed by atoms with Crippen LogP contribution in [0.4, 0.5) is 13.2 Å². The van der Waals surface area contributed by atoms with Gasteiger partial charge in [0, 0.05) is 31.9 Å². The molecule has 0 aliphatic carbocycles. The molecule has 1 atom stereocenters. The summed E-state index contributed by atoms with van der Waals surface area (Å²) >= 11 is 0. The maximum atomic E-state index is 14.0. The Hall–Kier alpha value is -4.68. The van der Waals surface area contributed by atoms with Gasteiger partial charge in [0.1, 0.15) is 11.2 Å². The van der Waals surface area contributed by atoms with Crippen molar-refractivity contribution in [2.24, 2.45) is 7.05 Å². The van der Waals surface area contributed by atoms with Crippen LogP contribution in [0, 0.1) is 0 Å². The number of H-pyrrole nitrogens is 1. The Morgan fingerprint density at radius 1 is 1.26 bits per heavy atom. The first-order valence-corrected chi connectivity index (χ1v) is 11.6. The van der Waals surface area contributed by atoms with Crippen molar-refractivity contribution in [2.45, 2.75) is 25.1 Å². The molecule has 4 aromatic heterocycles. The van der Waals surface area contributed by atoms with Crippen molar-refractivity contribution < 1.29 is 26.8 Å². The van der Waals surface area contributed by atoms with E-state index in [-0.39, 0.29) is 18.1 Å². The number of hydrogen-bond acceptors (Lipinski definition) is 7. The number of imidazole rings is 2. The molecule has 0 saturated carbocycles. The zero-order valence-corrected chi connectivity index (χ0v) is 20.0. The molecule has 1 aromatic carbocycles. The zero-order valence-electron chi connectivity index (χ0n) is 20.0. The molecule has 1 amide bonds. The number of nitrogens with one attached hydrogen (secondary N) is 1. The third-order valence-electron chi connectivity index (χ3n) is 6.28. The van der Waals surface area contributed by atoms with E-state index in [0.29, 0.717) is 29.6 Å². The van der Waals surface area contributed by atoms with E-state index < -0.39 is 35.5 Å². The third-order valence-corrected chi connectivity index (χ3v) is 6.28. The summed E-state index contributed by atoms with van der Waals surface area (Å²) in [5.74, 6) is -2.24. The number of alkyl halides is 3. The van der Waals surface area contributed by atoms with E-state index in [1.165, 1.54) is 28.3 Å². The fourth-order valence-electron chi connectivity index (χ4n) is 4.57. The van der Waals surface area contributed by atoms with Crippen molar-refractivity contribution in [1.29, 1.82) is 0 Å². The summed E-state index contributed by atoms with van der Waals surface area (Å²) in [5, 5.41) is 0. The smallest absolute Gasteiger partial charge is 0.437 e. The Kier molecular flexibility index (Phi) is 5.44. The van der Waals surface area contributed by atoms with Crippen LogP contribution in [0.3, 0.4) is 0 Å². The average Bonchev–Trinajstić information content (AvgIpc) is 3.67.